The SMILES string of the molecule is C=Cc1[nH]c2c3c(ccc2c1C=C)-c1sc2ccccc2c1CC3. The van der Waals surface area contributed by atoms with Crippen molar-refractivity contribution in [2.75, 3.05) is 0 Å². The molecule has 116 valence electrons. The zero-order chi connectivity index (χ0) is 16.3. The quantitative estimate of drug-likeness (QED) is 0.436. The smallest absolute Gasteiger partial charge is 0.0504 e. The highest BCUT2D eigenvalue weighted by molar-refractivity contribution is 7.22. The molecule has 1 N–H and O–H groups in total. The number of aromatic amines is 1. The van der Waals surface area contributed by atoms with Crippen molar-refractivity contribution >= 4 is 44.5 Å². The normalized spacial score (nSPS) is 13.0. The Morgan fingerprint density at radius 2 is 1.75 bits per heavy atom. The second-order valence-corrected chi connectivity index (χ2v) is 7.33. The number of nitrogens with one attached hydrogen (secondary N) is 1. The van der Waals surface area contributed by atoms with Gasteiger partial charge in [0.1, 0.15) is 0 Å². The van der Waals surface area contributed by atoms with E-state index in [-0.39, 0.29) is 0 Å². The maximum absolute atomic E-state index is 3.97. The van der Waals surface area contributed by atoms with E-state index in [0.29, 0.717) is 0 Å². The number of rotatable bonds is 2. The molecule has 0 saturated heterocycles. The van der Waals surface area contributed by atoms with Crippen molar-refractivity contribution in [3.8, 4) is 10.4 Å². The van der Waals surface area contributed by atoms with Gasteiger partial charge in [-0.2, -0.15) is 0 Å². The lowest BCUT2D eigenvalue weighted by Crippen LogP contribution is -2.02. The molecule has 1 nitrogen and oxygen atoms in total. The molecule has 0 radical (unpaired) electrons. The lowest BCUT2D eigenvalue weighted by atomic mass is 9.88. The molecule has 0 unspecified atom stereocenters. The van der Waals surface area contributed by atoms with Crippen LogP contribution in [0.5, 0.6) is 0 Å². The summed E-state index contributed by atoms with van der Waals surface area (Å²) < 4.78 is 1.39. The van der Waals surface area contributed by atoms with Gasteiger partial charge in [0, 0.05) is 26.2 Å². The molecule has 0 aliphatic heterocycles. The first-order chi connectivity index (χ1) is 11.8. The van der Waals surface area contributed by atoms with Crippen molar-refractivity contribution in [3.05, 3.63) is 71.9 Å². The van der Waals surface area contributed by atoms with Gasteiger partial charge in [-0.15, -0.1) is 11.3 Å². The number of fused-ring (bicyclic) bond motifs is 7. The molecule has 0 bridgehead atoms. The topological polar surface area (TPSA) is 15.8 Å². The predicted octanol–water partition coefficient (Wildman–Crippen LogP) is 6.43. The molecule has 2 heterocycles. The standard InChI is InChI=1S/C22H17NS/c1-3-13-15-9-12-18-16(21(15)23-19(13)4-2)10-11-17-14-7-5-6-8-20(14)24-22(17)18/h3-9,12,23H,1-2,10-11H2. The number of aromatic nitrogens is 1. The van der Waals surface area contributed by atoms with Crippen LogP contribution in [0.4, 0.5) is 0 Å². The van der Waals surface area contributed by atoms with E-state index >= 15 is 0 Å². The van der Waals surface area contributed by atoms with E-state index in [1.807, 2.05) is 23.5 Å². The van der Waals surface area contributed by atoms with Crippen LogP contribution in [0.1, 0.15) is 22.4 Å². The Balaban J connectivity index is 1.85. The molecule has 0 fully saturated rings. The molecule has 0 saturated carbocycles. The predicted molar refractivity (Wildman–Crippen MR) is 107 cm³/mol. The van der Waals surface area contributed by atoms with Gasteiger partial charge < -0.3 is 4.98 Å². The number of hydrogen-bond donors (Lipinski definition) is 1. The van der Waals surface area contributed by atoms with Gasteiger partial charge in [0.05, 0.1) is 5.52 Å². The highest BCUT2D eigenvalue weighted by Crippen LogP contribution is 2.46. The Bertz CT molecular complexity index is 1140. The summed E-state index contributed by atoms with van der Waals surface area (Å²) in [5.74, 6) is 0. The van der Waals surface area contributed by atoms with Crippen LogP contribution in [-0.4, -0.2) is 4.98 Å². The molecule has 0 spiro atoms. The molecule has 1 aliphatic carbocycles. The van der Waals surface area contributed by atoms with Gasteiger partial charge in [0.25, 0.3) is 0 Å². The number of thiophene rings is 1. The van der Waals surface area contributed by atoms with Crippen LogP contribution in [-0.2, 0) is 12.8 Å². The average molecular weight is 327 g/mol. The van der Waals surface area contributed by atoms with E-state index < -0.39 is 0 Å². The van der Waals surface area contributed by atoms with Gasteiger partial charge in [-0.05, 0) is 47.1 Å². The van der Waals surface area contributed by atoms with Gasteiger partial charge in [-0.3, -0.25) is 0 Å². The third kappa shape index (κ3) is 1.69. The fraction of sp³-hybridized carbons (Fsp3) is 0.0909. The van der Waals surface area contributed by atoms with Crippen LogP contribution in [0.3, 0.4) is 0 Å². The number of aryl methyl sites for hydroxylation is 2. The highest BCUT2D eigenvalue weighted by Gasteiger charge is 2.23. The fourth-order valence-corrected chi connectivity index (χ4v) is 5.33. The third-order valence-electron chi connectivity index (χ3n) is 5.13. The van der Waals surface area contributed by atoms with Crippen molar-refractivity contribution in [1.82, 2.24) is 4.98 Å². The largest absolute Gasteiger partial charge is 0.354 e. The van der Waals surface area contributed by atoms with E-state index in [1.54, 1.807) is 0 Å². The van der Waals surface area contributed by atoms with Crippen LogP contribution < -0.4 is 0 Å². The van der Waals surface area contributed by atoms with E-state index in [4.69, 9.17) is 0 Å². The molecule has 0 atom stereocenters. The minimum atomic E-state index is 1.07. The zero-order valence-corrected chi connectivity index (χ0v) is 14.2. The Hall–Kier alpha value is -2.58. The van der Waals surface area contributed by atoms with Crippen molar-refractivity contribution in [3.63, 3.8) is 0 Å². The van der Waals surface area contributed by atoms with Crippen LogP contribution in [0.2, 0.25) is 0 Å². The van der Waals surface area contributed by atoms with Gasteiger partial charge in [-0.25, -0.2) is 0 Å². The fourth-order valence-electron chi connectivity index (χ4n) is 4.03. The van der Waals surface area contributed by atoms with Gasteiger partial charge in [0.15, 0.2) is 0 Å². The number of H-pyrrole nitrogens is 1. The molecule has 2 heteroatoms. The molecule has 1 aliphatic rings. The first-order valence-electron chi connectivity index (χ1n) is 8.25. The molecule has 4 aromatic rings. The van der Waals surface area contributed by atoms with E-state index in [2.05, 4.69) is 54.5 Å². The summed E-state index contributed by atoms with van der Waals surface area (Å²) in [7, 11) is 0. The zero-order valence-electron chi connectivity index (χ0n) is 13.4. The Labute approximate surface area is 145 Å². The number of benzene rings is 2. The van der Waals surface area contributed by atoms with Gasteiger partial charge in [0.2, 0.25) is 0 Å². The first kappa shape index (κ1) is 13.8. The summed E-state index contributed by atoms with van der Waals surface area (Å²) in [4.78, 5) is 5.01. The van der Waals surface area contributed by atoms with Crippen molar-refractivity contribution in [2.45, 2.75) is 12.8 Å². The highest BCUT2D eigenvalue weighted by atomic mass is 32.1. The summed E-state index contributed by atoms with van der Waals surface area (Å²) >= 11 is 1.92. The summed E-state index contributed by atoms with van der Waals surface area (Å²) in [6.07, 6.45) is 6.00. The van der Waals surface area contributed by atoms with Crippen LogP contribution in [0.25, 0.3) is 43.6 Å². The monoisotopic (exact) mass is 327 g/mol. The minimum absolute atomic E-state index is 1.07. The van der Waals surface area contributed by atoms with Crippen LogP contribution in [0, 0.1) is 0 Å². The Kier molecular flexibility index (Phi) is 2.85. The maximum atomic E-state index is 3.97. The molecular formula is C22H17NS. The first-order valence-corrected chi connectivity index (χ1v) is 9.06. The molecular weight excluding hydrogens is 310 g/mol. The maximum Gasteiger partial charge on any atom is 0.0504 e. The molecule has 2 aromatic heterocycles. The molecule has 0 amide bonds. The second kappa shape index (κ2) is 4.96. The molecule has 5 rings (SSSR count). The average Bonchev–Trinajstić information content (AvgIpc) is 3.19. The molecule has 24 heavy (non-hydrogen) atoms. The van der Waals surface area contributed by atoms with Crippen LogP contribution in [0.15, 0.2) is 49.6 Å². The van der Waals surface area contributed by atoms with E-state index in [9.17, 15) is 0 Å². The van der Waals surface area contributed by atoms with Crippen molar-refractivity contribution < 1.29 is 0 Å². The second-order valence-electron chi connectivity index (χ2n) is 6.28. The summed E-state index contributed by atoms with van der Waals surface area (Å²) in [5, 5.41) is 2.68. The summed E-state index contributed by atoms with van der Waals surface area (Å²) in [6.45, 7) is 7.91. The molecule has 2 aromatic carbocycles. The van der Waals surface area contributed by atoms with Crippen molar-refractivity contribution in [1.29, 1.82) is 0 Å². The van der Waals surface area contributed by atoms with E-state index in [0.717, 1.165) is 24.1 Å². The number of hydrogen-bond acceptors (Lipinski definition) is 1. The van der Waals surface area contributed by atoms with Gasteiger partial charge >= 0.3 is 0 Å². The van der Waals surface area contributed by atoms with E-state index in [1.165, 1.54) is 42.6 Å². The Morgan fingerprint density at radius 3 is 2.58 bits per heavy atom. The van der Waals surface area contributed by atoms with Gasteiger partial charge in [-0.1, -0.05) is 49.6 Å². The lowest BCUT2D eigenvalue weighted by molar-refractivity contribution is 0.964. The summed E-state index contributed by atoms with van der Waals surface area (Å²) in [6, 6.07) is 13.3. The minimum Gasteiger partial charge on any atom is -0.354 e. The third-order valence-corrected chi connectivity index (χ3v) is 6.38. The van der Waals surface area contributed by atoms with Crippen molar-refractivity contribution in [2.24, 2.45) is 0 Å². The Morgan fingerprint density at radius 1 is 0.917 bits per heavy atom. The summed E-state index contributed by atoms with van der Waals surface area (Å²) in [5.41, 5.74) is 7.81. The lowest BCUT2D eigenvalue weighted by Gasteiger charge is -2.17. The van der Waals surface area contributed by atoms with Crippen LogP contribution >= 0.6 is 11.3 Å².